The van der Waals surface area contributed by atoms with Crippen LogP contribution in [0, 0.1) is 0 Å². The molecule has 0 spiro atoms. The quantitative estimate of drug-likeness (QED) is 0.102. The monoisotopic (exact) mass is 1150 g/mol. The zero-order valence-corrected chi connectivity index (χ0v) is 41.0. The van der Waals surface area contributed by atoms with Crippen molar-refractivity contribution in [2.45, 2.75) is 203 Å². The lowest BCUT2D eigenvalue weighted by Gasteiger charge is -2.51. The lowest BCUT2D eigenvalue weighted by atomic mass is 9.86. The van der Waals surface area contributed by atoms with E-state index in [2.05, 4.69) is 0 Å². The van der Waals surface area contributed by atoms with E-state index in [-0.39, 0.29) is 0 Å². The second kappa shape index (κ2) is 27.2. The van der Waals surface area contributed by atoms with Crippen LogP contribution in [0.15, 0.2) is 11.5 Å². The summed E-state index contributed by atoms with van der Waals surface area (Å²) >= 11 is 0. The topological polar surface area (TPSA) is 565 Å². The van der Waals surface area contributed by atoms with Gasteiger partial charge >= 0.3 is 0 Å². The van der Waals surface area contributed by atoms with E-state index in [1.54, 1.807) is 0 Å². The highest BCUT2D eigenvalue weighted by atomic mass is 16.8. The average molecular weight is 1150 g/mol. The van der Waals surface area contributed by atoms with Crippen molar-refractivity contribution < 1.29 is 174 Å². The first-order chi connectivity index (χ1) is 37.0. The van der Waals surface area contributed by atoms with Gasteiger partial charge in [-0.25, -0.2) is 0 Å². The Labute approximate surface area is 440 Å². The summed E-state index contributed by atoms with van der Waals surface area (Å²) < 4.78 is 73.4. The molecule has 6 saturated heterocycles. The second-order valence-corrected chi connectivity index (χ2v) is 19.6. The fraction of sp³-hybridized carbons (Fsp3) is 0.953. The smallest absolute Gasteiger partial charge is 0.218 e. The summed E-state index contributed by atoms with van der Waals surface area (Å²) in [6, 6.07) is 0. The van der Waals surface area contributed by atoms with Gasteiger partial charge in [-0.1, -0.05) is 0 Å². The Morgan fingerprint density at radius 3 is 1.04 bits per heavy atom. The summed E-state index contributed by atoms with van der Waals surface area (Å²) in [7, 11) is 0. The van der Waals surface area contributed by atoms with E-state index < -0.39 is 267 Å². The maximum atomic E-state index is 11.6. The molecule has 0 saturated carbocycles. The van der Waals surface area contributed by atoms with Crippen LogP contribution in [0.3, 0.4) is 0 Å². The highest BCUT2D eigenvalue weighted by Gasteiger charge is 2.60. The summed E-state index contributed by atoms with van der Waals surface area (Å²) in [6.07, 6.45) is -63.4. The van der Waals surface area contributed by atoms with Crippen LogP contribution in [-0.4, -0.2) is 355 Å². The van der Waals surface area contributed by atoms with Gasteiger partial charge in [0, 0.05) is 26.1 Å². The first-order valence-electron chi connectivity index (χ1n) is 24.8. The number of aliphatic hydroxyl groups excluding tert-OH is 22. The van der Waals surface area contributed by atoms with Gasteiger partial charge < -0.3 is 174 Å². The Hall–Kier alpha value is -1.98. The van der Waals surface area contributed by atoms with Crippen LogP contribution in [0.5, 0.6) is 0 Å². The predicted octanol–water partition coefficient (Wildman–Crippen LogP) is -13.2. The van der Waals surface area contributed by atoms with Crippen molar-refractivity contribution in [3.05, 3.63) is 11.5 Å². The van der Waals surface area contributed by atoms with E-state index in [0.717, 1.165) is 0 Å². The normalized spacial score (nSPS) is 52.4. The highest BCUT2D eigenvalue weighted by molar-refractivity contribution is 5.09. The Bertz CT molecular complexity index is 1890. The van der Waals surface area contributed by atoms with Crippen molar-refractivity contribution >= 4 is 0 Å². The number of hydrogen-bond acceptors (Lipinski definition) is 35. The van der Waals surface area contributed by atoms with Crippen LogP contribution in [0.1, 0.15) is 12.8 Å². The molecule has 454 valence electrons. The van der Waals surface area contributed by atoms with Gasteiger partial charge in [0.05, 0.1) is 39.6 Å². The Morgan fingerprint density at radius 1 is 0.346 bits per heavy atom. The molecule has 13 rings (SSSR count). The molecule has 0 amide bonds. The van der Waals surface area contributed by atoms with Crippen molar-refractivity contribution in [1.82, 2.24) is 0 Å². The molecule has 35 heteroatoms. The van der Waals surface area contributed by atoms with E-state index >= 15 is 0 Å². The van der Waals surface area contributed by atoms with Crippen molar-refractivity contribution in [3.8, 4) is 0 Å². The third-order valence-electron chi connectivity index (χ3n) is 14.6. The van der Waals surface area contributed by atoms with Gasteiger partial charge in [0.2, 0.25) is 6.29 Å². The molecular formula is C43H72O35. The van der Waals surface area contributed by atoms with Gasteiger partial charge in [-0.05, 0) is 0 Å². The molecule has 6 fully saturated rings. The zero-order chi connectivity index (χ0) is 57.2. The Balaban J connectivity index is 1.20. The van der Waals surface area contributed by atoms with Gasteiger partial charge in [-0.3, -0.25) is 0 Å². The molecule has 0 radical (unpaired) electrons. The third-order valence-corrected chi connectivity index (χ3v) is 14.6. The number of hydrogen-bond donors (Lipinski definition) is 22. The van der Waals surface area contributed by atoms with Crippen LogP contribution in [0.4, 0.5) is 0 Å². The molecule has 0 aromatic heterocycles. The minimum absolute atomic E-state index is 0.609. The first kappa shape index (κ1) is 63.6. The Morgan fingerprint density at radius 2 is 0.679 bits per heavy atom. The van der Waals surface area contributed by atoms with Crippen LogP contribution in [0.2, 0.25) is 0 Å². The summed E-state index contributed by atoms with van der Waals surface area (Å²) in [6.45, 7) is -7.88. The number of ether oxygens (including phenoxy) is 13. The van der Waals surface area contributed by atoms with Crippen LogP contribution in [0.25, 0.3) is 0 Å². The number of aliphatic hydroxyl groups is 22. The van der Waals surface area contributed by atoms with Crippen molar-refractivity contribution in [1.29, 1.82) is 0 Å². The maximum Gasteiger partial charge on any atom is 0.218 e. The van der Waals surface area contributed by atoms with Crippen LogP contribution >= 0.6 is 0 Å². The fourth-order valence-electron chi connectivity index (χ4n) is 10.1. The van der Waals surface area contributed by atoms with E-state index in [1.165, 1.54) is 0 Å². The van der Waals surface area contributed by atoms with Crippen molar-refractivity contribution in [2.75, 3.05) is 52.9 Å². The predicted molar refractivity (Wildman–Crippen MR) is 235 cm³/mol. The van der Waals surface area contributed by atoms with Gasteiger partial charge in [0.25, 0.3) is 0 Å². The summed E-state index contributed by atoms with van der Waals surface area (Å²) in [4.78, 5) is 0. The highest BCUT2D eigenvalue weighted by Crippen LogP contribution is 2.40. The number of rotatable bonds is 9. The maximum absolute atomic E-state index is 11.6. The standard InChI is InChI=1S/C43H72O35/c44-3-1-11-17(51)23(57)36(65)73-30-12(5-46)69-39(25(59)18(30)52)76-33-15(8-49)71-41(27(61)21(33)55)77-34-16(9-50)72-42(28(62)22(34)56)78-43(2-4-45)10-66-37(29(63)35(43)64)74-31-13(6-47)70-40(26(60)20(31)54)75-32-14(7-48)68-38(67-11)24(58)19(32)53/h11-16,18-22,24-42,44-65H,1-10H2/b23-17+. The average Bonchev–Trinajstić information content (AvgIpc) is 3.48. The summed E-state index contributed by atoms with van der Waals surface area (Å²) in [5.74, 6) is -2.86. The van der Waals surface area contributed by atoms with E-state index in [1.807, 2.05) is 0 Å². The molecule has 31 atom stereocenters. The van der Waals surface area contributed by atoms with Crippen LogP contribution < -0.4 is 0 Å². The fourth-order valence-corrected chi connectivity index (χ4v) is 10.1. The SMILES string of the molecule is OCCC1OC2OC(CO)C(OC3OC(CO)C(OC4OCC(CCO)(OC5OC(CO)C(OC6OC(CO)C(OC7OC(CO)C(OC(O)/C(O)=C/1O)C(O)C7O)C(O)C6O)C(O)C5O)C(O)C4O)C(O)C3O)C(O)C2O. The molecular weight excluding hydrogens is 1080 g/mol. The van der Waals surface area contributed by atoms with Crippen LogP contribution in [-0.2, 0) is 61.6 Å². The molecule has 0 aliphatic carbocycles. The van der Waals surface area contributed by atoms with Crippen molar-refractivity contribution in [2.24, 2.45) is 0 Å². The van der Waals surface area contributed by atoms with Crippen molar-refractivity contribution in [3.63, 3.8) is 0 Å². The molecule has 12 bridgehead atoms. The molecule has 0 aromatic carbocycles. The molecule has 13 heterocycles. The van der Waals surface area contributed by atoms with Gasteiger partial charge in [-0.2, -0.15) is 0 Å². The largest absolute Gasteiger partial charge is 0.506 e. The van der Waals surface area contributed by atoms with Gasteiger partial charge in [-0.15, -0.1) is 0 Å². The lowest BCUT2D eigenvalue weighted by molar-refractivity contribution is -0.402. The lowest BCUT2D eigenvalue weighted by Crippen LogP contribution is -2.69. The van der Waals surface area contributed by atoms with E-state index in [0.29, 0.717) is 0 Å². The molecule has 22 N–H and O–H groups in total. The van der Waals surface area contributed by atoms with E-state index in [9.17, 15) is 112 Å². The third kappa shape index (κ3) is 12.7. The number of fused-ring (bicyclic) bond motifs is 6. The molecule has 31 unspecified atom stereocenters. The summed E-state index contributed by atoms with van der Waals surface area (Å²) in [5.41, 5.74) is -2.27. The molecule has 35 nitrogen and oxygen atoms in total. The zero-order valence-electron chi connectivity index (χ0n) is 41.0. The van der Waals surface area contributed by atoms with Gasteiger partial charge in [0.15, 0.2) is 49.3 Å². The van der Waals surface area contributed by atoms with E-state index in [4.69, 9.17) is 61.6 Å². The summed E-state index contributed by atoms with van der Waals surface area (Å²) in [5, 5.41) is 240. The molecule has 78 heavy (non-hydrogen) atoms. The first-order valence-corrected chi connectivity index (χ1v) is 24.8. The van der Waals surface area contributed by atoms with Gasteiger partial charge in [0.1, 0.15) is 146 Å². The minimum Gasteiger partial charge on any atom is -0.506 e. The molecule has 13 aliphatic heterocycles. The Kier molecular flexibility index (Phi) is 22.1. The molecule has 13 aliphatic rings. The second-order valence-electron chi connectivity index (χ2n) is 19.6. The minimum atomic E-state index is -2.71. The molecule has 0 aromatic rings.